The maximum Gasteiger partial charge on any atom is 0.255 e. The quantitative estimate of drug-likeness (QED) is 0.787. The van der Waals surface area contributed by atoms with Crippen LogP contribution < -0.4 is 5.32 Å². The Bertz CT molecular complexity index is 706. The van der Waals surface area contributed by atoms with E-state index in [9.17, 15) is 4.79 Å². The molecule has 6 heteroatoms. The van der Waals surface area contributed by atoms with Crippen molar-refractivity contribution in [1.82, 2.24) is 15.1 Å². The molecule has 1 aromatic rings. The van der Waals surface area contributed by atoms with Gasteiger partial charge in [-0.05, 0) is 46.7 Å². The van der Waals surface area contributed by atoms with Crippen LogP contribution >= 0.6 is 0 Å². The topological polar surface area (TPSA) is 58.0 Å². The lowest BCUT2D eigenvalue weighted by Crippen LogP contribution is -2.51. The van der Waals surface area contributed by atoms with Gasteiger partial charge in [0.05, 0.1) is 18.8 Å². The molecule has 164 valence electrons. The molecule has 0 aromatic carbocycles. The second kappa shape index (κ2) is 8.78. The molecule has 2 saturated heterocycles. The lowest BCUT2D eigenvalue weighted by molar-refractivity contribution is 0.0337. The first-order valence-electron chi connectivity index (χ1n) is 11.0. The molecule has 3 rings (SSSR count). The van der Waals surface area contributed by atoms with Crippen LogP contribution in [0.2, 0.25) is 0 Å². The molecule has 6 nitrogen and oxygen atoms in total. The van der Waals surface area contributed by atoms with Crippen molar-refractivity contribution in [1.29, 1.82) is 0 Å². The van der Waals surface area contributed by atoms with Gasteiger partial charge in [-0.2, -0.15) is 0 Å². The minimum atomic E-state index is -0.288. The highest BCUT2D eigenvalue weighted by atomic mass is 16.5. The van der Waals surface area contributed by atoms with E-state index < -0.39 is 0 Å². The first-order chi connectivity index (χ1) is 13.6. The van der Waals surface area contributed by atoms with Gasteiger partial charge in [0.15, 0.2) is 0 Å². The van der Waals surface area contributed by atoms with Crippen molar-refractivity contribution in [3.63, 3.8) is 0 Å². The van der Waals surface area contributed by atoms with E-state index in [1.807, 2.05) is 6.92 Å². The molecule has 1 N–H and O–H groups in total. The predicted octanol–water partition coefficient (Wildman–Crippen LogP) is 3.32. The van der Waals surface area contributed by atoms with Crippen LogP contribution in [0.25, 0.3) is 0 Å². The van der Waals surface area contributed by atoms with E-state index in [1.165, 1.54) is 12.8 Å². The molecule has 0 aliphatic carbocycles. The number of morpholine rings is 1. The van der Waals surface area contributed by atoms with Crippen LogP contribution in [0.1, 0.15) is 74.9 Å². The van der Waals surface area contributed by atoms with Gasteiger partial charge in [-0.1, -0.05) is 20.8 Å². The number of ether oxygens (including phenoxy) is 1. The summed E-state index contributed by atoms with van der Waals surface area (Å²) in [5, 5.41) is 3.30. The fourth-order valence-electron chi connectivity index (χ4n) is 4.54. The van der Waals surface area contributed by atoms with Gasteiger partial charge in [0, 0.05) is 42.7 Å². The van der Waals surface area contributed by atoms with Crippen molar-refractivity contribution in [2.24, 2.45) is 0 Å². The first-order valence-corrected chi connectivity index (χ1v) is 11.0. The van der Waals surface area contributed by atoms with Crippen LogP contribution in [-0.4, -0.2) is 67.2 Å². The molecule has 0 atom stereocenters. The maximum absolute atomic E-state index is 13.4. The Hall–Kier alpha value is -1.37. The molecular weight excluding hydrogens is 366 g/mol. The number of amides is 1. The van der Waals surface area contributed by atoms with E-state index in [4.69, 9.17) is 9.15 Å². The molecule has 1 amide bonds. The van der Waals surface area contributed by atoms with Gasteiger partial charge < -0.3 is 19.4 Å². The minimum absolute atomic E-state index is 0.0193. The number of likely N-dealkylation sites (tertiary alicyclic amines) is 1. The standard InChI is InChI=1S/C23H39N3O3/c1-17-19(21(27)24-23(5,6)16-26-9-7-8-10-26)18(20(29-17)22(2,3)4)15-25-11-13-28-14-12-25/h7-16H2,1-6H3,(H,24,27). The van der Waals surface area contributed by atoms with Gasteiger partial charge in [-0.25, -0.2) is 0 Å². The van der Waals surface area contributed by atoms with Crippen LogP contribution in [0.4, 0.5) is 0 Å². The van der Waals surface area contributed by atoms with Crippen molar-refractivity contribution >= 4 is 5.91 Å². The van der Waals surface area contributed by atoms with E-state index in [0.29, 0.717) is 5.76 Å². The van der Waals surface area contributed by atoms with Gasteiger partial charge in [0.1, 0.15) is 11.5 Å². The van der Waals surface area contributed by atoms with Gasteiger partial charge in [-0.15, -0.1) is 0 Å². The molecule has 2 aliphatic rings. The summed E-state index contributed by atoms with van der Waals surface area (Å²) in [6, 6.07) is 0. The molecule has 0 unspecified atom stereocenters. The van der Waals surface area contributed by atoms with E-state index in [0.717, 1.165) is 69.4 Å². The number of nitrogens with zero attached hydrogens (tertiary/aromatic N) is 2. The number of hydrogen-bond donors (Lipinski definition) is 1. The molecule has 0 radical (unpaired) electrons. The Morgan fingerprint density at radius 3 is 2.21 bits per heavy atom. The summed E-state index contributed by atoms with van der Waals surface area (Å²) in [4.78, 5) is 18.2. The molecule has 0 bridgehead atoms. The van der Waals surface area contributed by atoms with Gasteiger partial charge >= 0.3 is 0 Å². The fourth-order valence-corrected chi connectivity index (χ4v) is 4.54. The van der Waals surface area contributed by atoms with E-state index in [1.54, 1.807) is 0 Å². The fraction of sp³-hybridized carbons (Fsp3) is 0.783. The third kappa shape index (κ3) is 5.62. The maximum atomic E-state index is 13.4. The van der Waals surface area contributed by atoms with Crippen LogP contribution in [0.3, 0.4) is 0 Å². The van der Waals surface area contributed by atoms with Crippen LogP contribution in [0, 0.1) is 6.92 Å². The Morgan fingerprint density at radius 1 is 1.00 bits per heavy atom. The molecule has 1 aromatic heterocycles. The summed E-state index contributed by atoms with van der Waals surface area (Å²) >= 11 is 0. The normalized spacial score (nSPS) is 19.7. The summed E-state index contributed by atoms with van der Waals surface area (Å²) in [6.45, 7) is 19.7. The second-order valence-electron chi connectivity index (χ2n) is 10.3. The average Bonchev–Trinajstić information content (AvgIpc) is 3.22. The number of aryl methyl sites for hydroxylation is 1. The third-order valence-corrected chi connectivity index (χ3v) is 5.85. The summed E-state index contributed by atoms with van der Waals surface area (Å²) in [5.41, 5.74) is 1.31. The highest BCUT2D eigenvalue weighted by Crippen LogP contribution is 2.34. The van der Waals surface area contributed by atoms with Crippen molar-refractivity contribution in [2.45, 2.75) is 71.9 Å². The van der Waals surface area contributed by atoms with Crippen LogP contribution in [0.15, 0.2) is 4.42 Å². The molecule has 2 fully saturated rings. The lowest BCUT2D eigenvalue weighted by Gasteiger charge is -2.31. The minimum Gasteiger partial charge on any atom is -0.465 e. The first kappa shape index (κ1) is 22.3. The van der Waals surface area contributed by atoms with Crippen LogP contribution in [-0.2, 0) is 16.7 Å². The molecule has 2 aliphatic heterocycles. The number of nitrogens with one attached hydrogen (secondary N) is 1. The van der Waals surface area contributed by atoms with Crippen LogP contribution in [0.5, 0.6) is 0 Å². The van der Waals surface area contributed by atoms with Crippen molar-refractivity contribution in [2.75, 3.05) is 45.9 Å². The molecule has 0 spiro atoms. The third-order valence-electron chi connectivity index (χ3n) is 5.85. The highest BCUT2D eigenvalue weighted by molar-refractivity contribution is 5.97. The van der Waals surface area contributed by atoms with E-state index in [2.05, 4.69) is 49.7 Å². The summed E-state index contributed by atoms with van der Waals surface area (Å²) in [5.74, 6) is 1.62. The zero-order valence-electron chi connectivity index (χ0n) is 19.2. The molecular formula is C23H39N3O3. The number of rotatable bonds is 6. The van der Waals surface area contributed by atoms with Crippen molar-refractivity contribution in [3.8, 4) is 0 Å². The van der Waals surface area contributed by atoms with Crippen molar-refractivity contribution < 1.29 is 13.9 Å². The number of furan rings is 1. The summed E-state index contributed by atoms with van der Waals surface area (Å²) in [7, 11) is 0. The summed E-state index contributed by atoms with van der Waals surface area (Å²) in [6.07, 6.45) is 2.51. The Balaban J connectivity index is 1.84. The Labute approximate surface area is 175 Å². The zero-order valence-corrected chi connectivity index (χ0v) is 19.2. The lowest BCUT2D eigenvalue weighted by atomic mass is 9.88. The molecule has 0 saturated carbocycles. The molecule has 3 heterocycles. The van der Waals surface area contributed by atoms with E-state index >= 15 is 0 Å². The highest BCUT2D eigenvalue weighted by Gasteiger charge is 2.33. The van der Waals surface area contributed by atoms with Gasteiger partial charge in [0.25, 0.3) is 5.91 Å². The monoisotopic (exact) mass is 405 g/mol. The Morgan fingerprint density at radius 2 is 1.62 bits per heavy atom. The molecule has 29 heavy (non-hydrogen) atoms. The smallest absolute Gasteiger partial charge is 0.255 e. The SMILES string of the molecule is Cc1oc(C(C)(C)C)c(CN2CCOCC2)c1C(=O)NC(C)(C)CN1CCCC1. The number of carbonyl (C=O) groups is 1. The van der Waals surface area contributed by atoms with Gasteiger partial charge in [0.2, 0.25) is 0 Å². The number of hydrogen-bond acceptors (Lipinski definition) is 5. The zero-order chi connectivity index (χ0) is 21.2. The second-order valence-corrected chi connectivity index (χ2v) is 10.3. The Kier molecular flexibility index (Phi) is 6.76. The average molecular weight is 406 g/mol. The van der Waals surface area contributed by atoms with Gasteiger partial charge in [-0.3, -0.25) is 9.69 Å². The number of carbonyl (C=O) groups excluding carboxylic acids is 1. The largest absolute Gasteiger partial charge is 0.465 e. The van der Waals surface area contributed by atoms with Crippen molar-refractivity contribution in [3.05, 3.63) is 22.6 Å². The predicted molar refractivity (Wildman–Crippen MR) is 115 cm³/mol. The summed E-state index contributed by atoms with van der Waals surface area (Å²) < 4.78 is 11.7. The van der Waals surface area contributed by atoms with E-state index in [-0.39, 0.29) is 16.9 Å².